The van der Waals surface area contributed by atoms with Gasteiger partial charge in [-0.3, -0.25) is 4.79 Å². The Morgan fingerprint density at radius 1 is 1.38 bits per heavy atom. The number of pyridine rings is 2. The second kappa shape index (κ2) is 6.20. The van der Waals surface area contributed by atoms with Gasteiger partial charge < -0.3 is 10.3 Å². The number of nitrogens with zero attached hydrogens (tertiary/aromatic N) is 3. The molecule has 0 atom stereocenters. The number of hydrogen-bond donors (Lipinski definition) is 2. The Balaban J connectivity index is 1.94. The van der Waals surface area contributed by atoms with Gasteiger partial charge >= 0.3 is 0 Å². The molecule has 3 rings (SSSR count). The first-order valence-corrected chi connectivity index (χ1v) is 8.31. The summed E-state index contributed by atoms with van der Waals surface area (Å²) in [4.78, 5) is 24.2. The molecule has 3 aromatic rings. The number of aromatic nitrogens is 3. The lowest BCUT2D eigenvalue weighted by atomic mass is 10.1. The zero-order chi connectivity index (χ0) is 17.3. The first-order chi connectivity index (χ1) is 11.4. The zero-order valence-corrected chi connectivity index (χ0v) is 15.2. The molecular weight excluding hydrogens is 417 g/mol. The third kappa shape index (κ3) is 3.38. The summed E-state index contributed by atoms with van der Waals surface area (Å²) >= 11 is 2.20. The van der Waals surface area contributed by atoms with Crippen LogP contribution in [0.1, 0.15) is 24.3 Å². The highest BCUT2D eigenvalue weighted by Gasteiger charge is 2.21. The van der Waals surface area contributed by atoms with Crippen molar-refractivity contribution >= 4 is 39.5 Å². The molecule has 3 heterocycles. The lowest BCUT2D eigenvalue weighted by molar-refractivity contribution is 0.0924. The van der Waals surface area contributed by atoms with E-state index in [0.717, 1.165) is 20.3 Å². The number of nitriles is 1. The Kier molecular flexibility index (Phi) is 4.24. The minimum atomic E-state index is -0.947. The van der Waals surface area contributed by atoms with Gasteiger partial charge in [0.1, 0.15) is 16.9 Å². The van der Waals surface area contributed by atoms with Gasteiger partial charge in [-0.25, -0.2) is 9.97 Å². The van der Waals surface area contributed by atoms with Crippen molar-refractivity contribution in [2.75, 3.05) is 0 Å². The Labute approximate surface area is 152 Å². The fourth-order valence-electron chi connectivity index (χ4n) is 2.22. The van der Waals surface area contributed by atoms with E-state index in [1.807, 2.05) is 24.3 Å². The van der Waals surface area contributed by atoms with E-state index in [0.29, 0.717) is 5.69 Å². The van der Waals surface area contributed by atoms with Crippen molar-refractivity contribution in [3.8, 4) is 17.3 Å². The van der Waals surface area contributed by atoms with Crippen LogP contribution in [-0.2, 0) is 0 Å². The molecule has 0 saturated heterocycles. The van der Waals surface area contributed by atoms with Crippen LogP contribution in [0.2, 0.25) is 0 Å². The van der Waals surface area contributed by atoms with Crippen LogP contribution in [0.3, 0.4) is 0 Å². The van der Waals surface area contributed by atoms with Crippen LogP contribution in [0, 0.1) is 15.0 Å². The van der Waals surface area contributed by atoms with E-state index < -0.39 is 5.54 Å². The van der Waals surface area contributed by atoms with E-state index in [9.17, 15) is 4.79 Å². The minimum Gasteiger partial charge on any atom is -0.335 e. The third-order valence-electron chi connectivity index (χ3n) is 3.42. The molecule has 0 unspecified atom stereocenters. The molecule has 0 radical (unpaired) electrons. The van der Waals surface area contributed by atoms with E-state index in [4.69, 9.17) is 5.26 Å². The topological polar surface area (TPSA) is 94.5 Å². The average molecular weight is 431 g/mol. The minimum absolute atomic E-state index is 0.263. The van der Waals surface area contributed by atoms with Crippen molar-refractivity contribution in [3.05, 3.63) is 45.9 Å². The highest BCUT2D eigenvalue weighted by atomic mass is 127. The van der Waals surface area contributed by atoms with Crippen molar-refractivity contribution < 1.29 is 4.79 Å². The smallest absolute Gasteiger partial charge is 0.271 e. The van der Waals surface area contributed by atoms with Crippen molar-refractivity contribution in [1.82, 2.24) is 20.3 Å². The summed E-state index contributed by atoms with van der Waals surface area (Å²) in [6.45, 7) is 3.28. The maximum Gasteiger partial charge on any atom is 0.271 e. The Hall–Kier alpha value is -2.47. The molecule has 0 aliphatic heterocycles. The van der Waals surface area contributed by atoms with E-state index in [2.05, 4.69) is 42.9 Å². The summed E-state index contributed by atoms with van der Waals surface area (Å²) in [5.74, 6) is -0.381. The molecular formula is C17H14IN5O. The summed E-state index contributed by atoms with van der Waals surface area (Å²) in [6, 6.07) is 11.2. The number of nitrogens with one attached hydrogen (secondary N) is 2. The number of fused-ring (bicyclic) bond motifs is 1. The molecule has 0 aromatic carbocycles. The van der Waals surface area contributed by atoms with Gasteiger partial charge in [0.15, 0.2) is 0 Å². The number of halogens is 1. The standard InChI is InChI=1S/C17H14IN5O/c1-17(2,9-19)23-16(24)13-5-3-4-12(21-13)11-6-10-7-14(18)22-15(10)20-8-11/h3-8H,1-2H3,(H,20,22)(H,23,24). The van der Waals surface area contributed by atoms with Gasteiger partial charge in [-0.05, 0) is 60.7 Å². The third-order valence-corrected chi connectivity index (χ3v) is 4.00. The Morgan fingerprint density at radius 3 is 2.92 bits per heavy atom. The summed E-state index contributed by atoms with van der Waals surface area (Å²) in [5, 5.41) is 12.7. The van der Waals surface area contributed by atoms with E-state index >= 15 is 0 Å². The number of carbonyl (C=O) groups excluding carboxylic acids is 1. The molecule has 24 heavy (non-hydrogen) atoms. The van der Waals surface area contributed by atoms with Crippen LogP contribution in [0.15, 0.2) is 36.5 Å². The SMILES string of the molecule is CC(C)(C#N)NC(=O)c1cccc(-c2cnc3[nH]c(I)cc3c2)n1. The van der Waals surface area contributed by atoms with Crippen LogP contribution in [0.25, 0.3) is 22.3 Å². The molecule has 6 nitrogen and oxygen atoms in total. The number of H-pyrrole nitrogens is 1. The largest absolute Gasteiger partial charge is 0.335 e. The number of hydrogen-bond acceptors (Lipinski definition) is 4. The van der Waals surface area contributed by atoms with Gasteiger partial charge in [-0.15, -0.1) is 0 Å². The lowest BCUT2D eigenvalue weighted by Gasteiger charge is -2.17. The molecule has 0 fully saturated rings. The monoisotopic (exact) mass is 431 g/mol. The van der Waals surface area contributed by atoms with Crippen LogP contribution < -0.4 is 5.32 Å². The second-order valence-corrected chi connectivity index (χ2v) is 7.04. The van der Waals surface area contributed by atoms with E-state index in [-0.39, 0.29) is 11.6 Å². The number of aromatic amines is 1. The maximum absolute atomic E-state index is 12.3. The quantitative estimate of drug-likeness (QED) is 0.623. The van der Waals surface area contributed by atoms with Crippen LogP contribution in [0.4, 0.5) is 0 Å². The molecule has 0 bridgehead atoms. The highest BCUT2D eigenvalue weighted by molar-refractivity contribution is 14.1. The lowest BCUT2D eigenvalue weighted by Crippen LogP contribution is -2.42. The molecule has 120 valence electrons. The van der Waals surface area contributed by atoms with Crippen LogP contribution in [0.5, 0.6) is 0 Å². The van der Waals surface area contributed by atoms with Gasteiger partial charge in [-0.1, -0.05) is 6.07 Å². The van der Waals surface area contributed by atoms with Crippen LogP contribution in [-0.4, -0.2) is 26.4 Å². The van der Waals surface area contributed by atoms with Gasteiger partial charge in [0.2, 0.25) is 0 Å². The molecule has 0 aliphatic carbocycles. The molecule has 2 N–H and O–H groups in total. The maximum atomic E-state index is 12.3. The predicted molar refractivity (Wildman–Crippen MR) is 99.2 cm³/mol. The fraction of sp³-hybridized carbons (Fsp3) is 0.176. The zero-order valence-electron chi connectivity index (χ0n) is 13.1. The van der Waals surface area contributed by atoms with Crippen molar-refractivity contribution in [2.45, 2.75) is 19.4 Å². The molecule has 3 aromatic heterocycles. The average Bonchev–Trinajstić information content (AvgIpc) is 2.93. The Bertz CT molecular complexity index is 971. The molecule has 7 heteroatoms. The van der Waals surface area contributed by atoms with Gasteiger partial charge in [0.05, 0.1) is 15.5 Å². The molecule has 1 amide bonds. The summed E-state index contributed by atoms with van der Waals surface area (Å²) in [6.07, 6.45) is 1.72. The number of carbonyl (C=O) groups is 1. The number of rotatable bonds is 3. The first-order valence-electron chi connectivity index (χ1n) is 7.23. The van der Waals surface area contributed by atoms with Crippen molar-refractivity contribution in [3.63, 3.8) is 0 Å². The Morgan fingerprint density at radius 2 is 2.17 bits per heavy atom. The summed E-state index contributed by atoms with van der Waals surface area (Å²) in [7, 11) is 0. The van der Waals surface area contributed by atoms with E-state index in [1.54, 1.807) is 32.2 Å². The molecule has 0 saturated carbocycles. The van der Waals surface area contributed by atoms with E-state index in [1.165, 1.54) is 0 Å². The molecule has 0 spiro atoms. The van der Waals surface area contributed by atoms with Crippen molar-refractivity contribution in [2.24, 2.45) is 0 Å². The number of amides is 1. The summed E-state index contributed by atoms with van der Waals surface area (Å²) < 4.78 is 1.01. The molecule has 0 aliphatic rings. The van der Waals surface area contributed by atoms with Crippen molar-refractivity contribution in [1.29, 1.82) is 5.26 Å². The first kappa shape index (κ1) is 16.4. The fourth-order valence-corrected chi connectivity index (χ4v) is 2.81. The van der Waals surface area contributed by atoms with Gasteiger partial charge in [0.25, 0.3) is 5.91 Å². The van der Waals surface area contributed by atoms with Gasteiger partial charge in [-0.2, -0.15) is 5.26 Å². The summed E-state index contributed by atoms with van der Waals surface area (Å²) in [5.41, 5.74) is 1.61. The highest BCUT2D eigenvalue weighted by Crippen LogP contribution is 2.22. The van der Waals surface area contributed by atoms with Gasteiger partial charge in [0, 0.05) is 17.1 Å². The normalized spacial score (nSPS) is 11.2. The van der Waals surface area contributed by atoms with Crippen LogP contribution >= 0.6 is 22.6 Å². The second-order valence-electron chi connectivity index (χ2n) is 5.88. The predicted octanol–water partition coefficient (Wildman–Crippen LogP) is 3.26.